The maximum atomic E-state index is 12.4. The molecule has 1 N–H and O–H groups in total. The Kier molecular flexibility index (Phi) is 5.45. The molecule has 1 fully saturated rings. The van der Waals surface area contributed by atoms with Crippen LogP contribution < -0.4 is 5.32 Å². The van der Waals surface area contributed by atoms with E-state index in [9.17, 15) is 4.79 Å². The summed E-state index contributed by atoms with van der Waals surface area (Å²) in [5.74, 6) is 1.77. The lowest BCUT2D eigenvalue weighted by Crippen LogP contribution is -2.44. The van der Waals surface area contributed by atoms with E-state index >= 15 is 0 Å². The Balaban J connectivity index is 1.64. The molecule has 1 saturated carbocycles. The van der Waals surface area contributed by atoms with Crippen molar-refractivity contribution in [3.05, 3.63) is 16.8 Å². The summed E-state index contributed by atoms with van der Waals surface area (Å²) >= 11 is 3.21. The van der Waals surface area contributed by atoms with Gasteiger partial charge in [-0.15, -0.1) is 11.3 Å². The van der Waals surface area contributed by atoms with Gasteiger partial charge in [0.2, 0.25) is 5.91 Å². The summed E-state index contributed by atoms with van der Waals surface area (Å²) in [6.45, 7) is 8.76. The quantitative estimate of drug-likeness (QED) is 0.648. The molecular weight excluding hydrogens is 338 g/mol. The number of thioether (sulfide) groups is 1. The van der Waals surface area contributed by atoms with Crippen molar-refractivity contribution in [3.63, 3.8) is 0 Å². The largest absolute Gasteiger partial charge is 0.352 e. The Hall–Kier alpha value is -1.14. The first-order valence-corrected chi connectivity index (χ1v) is 10.4. The summed E-state index contributed by atoms with van der Waals surface area (Å²) in [5, 5.41) is 5.26. The van der Waals surface area contributed by atoms with Crippen LogP contribution in [0.1, 0.15) is 43.6 Å². The highest BCUT2D eigenvalue weighted by atomic mass is 32.2. The molecule has 1 aliphatic carbocycles. The summed E-state index contributed by atoms with van der Waals surface area (Å²) in [6, 6.07) is 0.317. The first-order chi connectivity index (χ1) is 11.5. The second-order valence-electron chi connectivity index (χ2n) is 6.87. The number of fused-ring (bicyclic) bond motifs is 1. The molecule has 130 valence electrons. The minimum Gasteiger partial charge on any atom is -0.352 e. The van der Waals surface area contributed by atoms with Crippen LogP contribution >= 0.6 is 23.1 Å². The van der Waals surface area contributed by atoms with Crippen molar-refractivity contribution in [2.75, 3.05) is 5.75 Å². The van der Waals surface area contributed by atoms with Gasteiger partial charge in [0.25, 0.3) is 0 Å². The molecule has 0 spiro atoms. The van der Waals surface area contributed by atoms with Gasteiger partial charge in [-0.05, 0) is 37.7 Å². The Morgan fingerprint density at radius 3 is 2.92 bits per heavy atom. The van der Waals surface area contributed by atoms with Gasteiger partial charge in [-0.25, -0.2) is 9.97 Å². The Bertz CT molecular complexity index is 743. The predicted octanol–water partition coefficient (Wildman–Crippen LogP) is 4.34. The highest BCUT2D eigenvalue weighted by Gasteiger charge is 2.28. The number of thiophene rings is 1. The molecule has 1 aliphatic rings. The minimum atomic E-state index is 0.113. The van der Waals surface area contributed by atoms with Gasteiger partial charge in [0.05, 0.1) is 5.75 Å². The molecule has 2 heterocycles. The van der Waals surface area contributed by atoms with Crippen molar-refractivity contribution >= 4 is 39.2 Å². The van der Waals surface area contributed by atoms with Crippen LogP contribution in [0.2, 0.25) is 0 Å². The van der Waals surface area contributed by atoms with Gasteiger partial charge >= 0.3 is 0 Å². The fourth-order valence-corrected chi connectivity index (χ4v) is 5.36. The fraction of sp³-hybridized carbons (Fsp3) is 0.611. The molecule has 3 rings (SSSR count). The second kappa shape index (κ2) is 7.40. The Morgan fingerprint density at radius 1 is 1.33 bits per heavy atom. The third-order valence-corrected chi connectivity index (χ3v) is 7.43. The van der Waals surface area contributed by atoms with Crippen LogP contribution in [-0.2, 0) is 4.79 Å². The highest BCUT2D eigenvalue weighted by Crippen LogP contribution is 2.34. The number of hydrogen-bond acceptors (Lipinski definition) is 5. The van der Waals surface area contributed by atoms with Crippen molar-refractivity contribution in [1.29, 1.82) is 0 Å². The van der Waals surface area contributed by atoms with Crippen molar-refractivity contribution in [2.24, 2.45) is 11.8 Å². The lowest BCUT2D eigenvalue weighted by molar-refractivity contribution is -0.119. The zero-order chi connectivity index (χ0) is 17.3. The van der Waals surface area contributed by atoms with E-state index in [1.807, 2.05) is 0 Å². The van der Waals surface area contributed by atoms with E-state index in [1.165, 1.54) is 35.0 Å². The molecular formula is C18H25N3OS2. The molecule has 0 aromatic carbocycles. The average molecular weight is 364 g/mol. The maximum absolute atomic E-state index is 12.4. The van der Waals surface area contributed by atoms with E-state index < -0.39 is 0 Å². The van der Waals surface area contributed by atoms with E-state index in [0.717, 1.165) is 21.7 Å². The standard InChI is InChI=1S/C18H25N3OS2/c1-10-6-5-7-14(11(10)2)21-15(22)8-23-17-16-12(3)13(4)24-18(16)20-9-19-17/h9-11,14H,5-8H2,1-4H3,(H,21,22)/t10-,11-,14-/m0/s1. The lowest BCUT2D eigenvalue weighted by atomic mass is 9.78. The second-order valence-corrected chi connectivity index (χ2v) is 9.04. The number of aryl methyl sites for hydroxylation is 2. The van der Waals surface area contributed by atoms with E-state index in [1.54, 1.807) is 17.7 Å². The van der Waals surface area contributed by atoms with E-state index in [-0.39, 0.29) is 5.91 Å². The number of aromatic nitrogens is 2. The maximum Gasteiger partial charge on any atom is 0.230 e. The van der Waals surface area contributed by atoms with Gasteiger partial charge in [0, 0.05) is 16.3 Å². The minimum absolute atomic E-state index is 0.113. The number of rotatable bonds is 4. The van der Waals surface area contributed by atoms with Gasteiger partial charge in [0.1, 0.15) is 16.2 Å². The monoisotopic (exact) mass is 363 g/mol. The SMILES string of the molecule is Cc1sc2ncnc(SCC(=O)N[C@H]3CCC[C@H](C)[C@@H]3C)c2c1C. The predicted molar refractivity (Wildman–Crippen MR) is 102 cm³/mol. The summed E-state index contributed by atoms with van der Waals surface area (Å²) in [7, 11) is 0. The molecule has 2 aromatic heterocycles. The first kappa shape index (κ1) is 17.7. The molecule has 3 atom stereocenters. The van der Waals surface area contributed by atoms with Crippen molar-refractivity contribution in [3.8, 4) is 0 Å². The molecule has 0 unspecified atom stereocenters. The third-order valence-electron chi connectivity index (χ3n) is 5.32. The van der Waals surface area contributed by atoms with Crippen LogP contribution in [0.4, 0.5) is 0 Å². The molecule has 0 radical (unpaired) electrons. The molecule has 0 saturated heterocycles. The number of nitrogens with zero attached hydrogens (tertiary/aromatic N) is 2. The normalized spacial score (nSPS) is 24.2. The van der Waals surface area contributed by atoms with Crippen LogP contribution in [0.3, 0.4) is 0 Å². The third kappa shape index (κ3) is 3.59. The summed E-state index contributed by atoms with van der Waals surface area (Å²) < 4.78 is 0. The zero-order valence-corrected chi connectivity index (χ0v) is 16.4. The van der Waals surface area contributed by atoms with Gasteiger partial charge in [-0.3, -0.25) is 4.79 Å². The molecule has 24 heavy (non-hydrogen) atoms. The van der Waals surface area contributed by atoms with Crippen LogP contribution in [0.25, 0.3) is 10.2 Å². The van der Waals surface area contributed by atoms with Crippen LogP contribution in [-0.4, -0.2) is 27.7 Å². The van der Waals surface area contributed by atoms with Crippen LogP contribution in [0.5, 0.6) is 0 Å². The number of amides is 1. The highest BCUT2D eigenvalue weighted by molar-refractivity contribution is 8.00. The topological polar surface area (TPSA) is 54.9 Å². The van der Waals surface area contributed by atoms with E-state index in [4.69, 9.17) is 0 Å². The van der Waals surface area contributed by atoms with Crippen molar-refractivity contribution in [1.82, 2.24) is 15.3 Å². The number of hydrogen-bond donors (Lipinski definition) is 1. The Morgan fingerprint density at radius 2 is 2.12 bits per heavy atom. The molecule has 2 aromatic rings. The van der Waals surface area contributed by atoms with E-state index in [2.05, 4.69) is 43.0 Å². The lowest BCUT2D eigenvalue weighted by Gasteiger charge is -2.34. The summed E-state index contributed by atoms with van der Waals surface area (Å²) in [5.41, 5.74) is 1.23. The molecule has 1 amide bonds. The van der Waals surface area contributed by atoms with Crippen molar-refractivity contribution < 1.29 is 4.79 Å². The molecule has 0 aliphatic heterocycles. The van der Waals surface area contributed by atoms with Crippen LogP contribution in [0.15, 0.2) is 11.4 Å². The number of nitrogens with one attached hydrogen (secondary N) is 1. The van der Waals surface area contributed by atoms with Gasteiger partial charge in [0.15, 0.2) is 0 Å². The molecule has 0 bridgehead atoms. The van der Waals surface area contributed by atoms with Crippen LogP contribution in [0, 0.1) is 25.7 Å². The van der Waals surface area contributed by atoms with Crippen molar-refractivity contribution in [2.45, 2.75) is 58.0 Å². The zero-order valence-electron chi connectivity index (χ0n) is 14.8. The number of carbonyl (C=O) groups is 1. The molecule has 4 nitrogen and oxygen atoms in total. The number of carbonyl (C=O) groups excluding carboxylic acids is 1. The summed E-state index contributed by atoms with van der Waals surface area (Å²) in [4.78, 5) is 23.4. The Labute approximate surface area is 151 Å². The summed E-state index contributed by atoms with van der Waals surface area (Å²) in [6.07, 6.45) is 5.19. The first-order valence-electron chi connectivity index (χ1n) is 8.60. The average Bonchev–Trinajstić information content (AvgIpc) is 2.85. The van der Waals surface area contributed by atoms with Gasteiger partial charge in [-0.2, -0.15) is 0 Å². The van der Waals surface area contributed by atoms with E-state index in [0.29, 0.717) is 23.6 Å². The smallest absolute Gasteiger partial charge is 0.230 e. The fourth-order valence-electron chi connectivity index (χ4n) is 3.43. The molecule has 6 heteroatoms. The van der Waals surface area contributed by atoms with Gasteiger partial charge in [-0.1, -0.05) is 38.5 Å². The van der Waals surface area contributed by atoms with Gasteiger partial charge < -0.3 is 5.32 Å².